The number of aliphatic hydroxyl groups is 2. The molecule has 1 aliphatic heterocycles. The van der Waals surface area contributed by atoms with Crippen LogP contribution in [0.4, 0.5) is 19.7 Å². The number of amides is 2. The van der Waals surface area contributed by atoms with Crippen LogP contribution in [-0.4, -0.2) is 81.7 Å². The Morgan fingerprint density at radius 3 is 2.18 bits per heavy atom. The van der Waals surface area contributed by atoms with Gasteiger partial charge in [0.1, 0.15) is 34.7 Å². The molecule has 3 N–H and O–H groups in total. The average molecular weight is 1030 g/mol. The number of nitrogens with zero attached hydrogens (tertiary/aromatic N) is 3. The summed E-state index contributed by atoms with van der Waals surface area (Å²) >= 11 is 0. The first-order valence-corrected chi connectivity index (χ1v) is 26.9. The fraction of sp³-hybridized carbons (Fsp3) is 0.569. The Kier molecular flexibility index (Phi) is 21.9. The van der Waals surface area contributed by atoms with Crippen LogP contribution in [0.2, 0.25) is 0 Å². The molecule has 0 saturated heterocycles. The summed E-state index contributed by atoms with van der Waals surface area (Å²) < 4.78 is 41.0. The Morgan fingerprint density at radius 1 is 0.892 bits per heavy atom. The van der Waals surface area contributed by atoms with E-state index in [0.29, 0.717) is 55.0 Å². The molecule has 404 valence electrons. The van der Waals surface area contributed by atoms with Gasteiger partial charge < -0.3 is 39.3 Å². The zero-order valence-corrected chi connectivity index (χ0v) is 43.9. The number of oxime groups is 1. The Hall–Kier alpha value is -5.84. The molecule has 3 aromatic rings. The van der Waals surface area contributed by atoms with E-state index in [1.807, 2.05) is 26.8 Å². The van der Waals surface area contributed by atoms with Gasteiger partial charge in [0.15, 0.2) is 0 Å². The highest BCUT2D eigenvalue weighted by atomic mass is 19.1. The number of benzene rings is 3. The number of fused-ring (bicyclic) bond motifs is 2. The predicted octanol–water partition coefficient (Wildman–Crippen LogP) is 12.9. The van der Waals surface area contributed by atoms with Crippen molar-refractivity contribution < 1.29 is 52.9 Å². The lowest BCUT2D eigenvalue weighted by Gasteiger charge is -2.59. The van der Waals surface area contributed by atoms with Crippen molar-refractivity contribution >= 4 is 23.6 Å². The van der Waals surface area contributed by atoms with E-state index in [0.717, 1.165) is 43.2 Å². The van der Waals surface area contributed by atoms with E-state index < -0.39 is 52.2 Å². The van der Waals surface area contributed by atoms with E-state index >= 15 is 4.79 Å². The number of hydrogen-bond donors (Lipinski definition) is 3. The molecular weight excluding hydrogens is 948 g/mol. The monoisotopic (exact) mass is 1030 g/mol. The number of unbranched alkanes of at least 4 members (excludes halogenated alkanes) is 11. The summed E-state index contributed by atoms with van der Waals surface area (Å²) in [7, 11) is 0. The minimum atomic E-state index is -1.69. The molecule has 6 rings (SSSR count). The molecule has 16 heteroatoms. The van der Waals surface area contributed by atoms with Crippen LogP contribution in [0.25, 0.3) is 0 Å². The lowest BCUT2D eigenvalue weighted by molar-refractivity contribution is -0.384. The second-order valence-corrected chi connectivity index (χ2v) is 20.8. The number of nitrogens with one attached hydrogen (secondary N) is 1. The molecule has 0 aromatic heterocycles. The van der Waals surface area contributed by atoms with Gasteiger partial charge in [-0.15, -0.1) is 6.58 Å². The molecule has 3 aliphatic rings. The molecule has 0 radical (unpaired) electrons. The SMILES string of the molecule is C=CCOC12Oc3ccc(OC(=O)NCCCCCCCCCCCC)cc3C3C(CCCCO)C(CCCCO)C=C(C(=NOC(C)(C)C)CC1N(Cc1ccc(F)cc1)C(=O)Oc1ccc([N+](=O)[O-])cc1)C32. The molecule has 6 unspecified atom stereocenters. The van der Waals surface area contributed by atoms with E-state index in [9.17, 15) is 29.5 Å². The lowest BCUT2D eigenvalue weighted by atomic mass is 9.55. The second kappa shape index (κ2) is 28.2. The van der Waals surface area contributed by atoms with E-state index in [2.05, 4.69) is 24.9 Å². The molecular formula is C58H79FN4O11. The highest BCUT2D eigenvalue weighted by Crippen LogP contribution is 2.62. The Balaban J connectivity index is 1.45. The normalized spacial score (nSPS) is 21.4. The number of allylic oxidation sites excluding steroid dienone is 1. The predicted molar refractivity (Wildman–Crippen MR) is 283 cm³/mol. The standard InChI is InChI=1S/C58H79FN4O11/c1-6-8-9-10-11-12-13-14-15-18-33-60-55(66)71-46-31-32-51-49(38-46)53-47(22-17-20-35-65)42(21-16-19-34-64)37-48-50(61-74-57(3,4)5)39-52(58(73-51,54(48)53)70-36-7-2)62(40-41-23-25-43(59)26-24-41)56(67)72-45-29-27-44(28-30-45)63(68)69/h7,23-32,37-38,42,47,52-54,64-65H,2,6,8-22,33-36,39-40H2,1,3-5H3,(H,60,66). The minimum absolute atomic E-state index is 0.00757. The summed E-state index contributed by atoms with van der Waals surface area (Å²) in [5, 5.41) is 39.4. The maximum atomic E-state index is 15.1. The molecule has 74 heavy (non-hydrogen) atoms. The first-order chi connectivity index (χ1) is 35.7. The maximum Gasteiger partial charge on any atom is 0.416 e. The summed E-state index contributed by atoms with van der Waals surface area (Å²) in [6, 6.07) is 15.2. The van der Waals surface area contributed by atoms with Gasteiger partial charge in [0.25, 0.3) is 5.69 Å². The topological polar surface area (TPSA) is 192 Å². The van der Waals surface area contributed by atoms with Gasteiger partial charge in [-0.05, 0) is 118 Å². The van der Waals surface area contributed by atoms with Crippen molar-refractivity contribution in [3.8, 4) is 17.2 Å². The Morgan fingerprint density at radius 2 is 1.54 bits per heavy atom. The fourth-order valence-electron chi connectivity index (χ4n) is 10.7. The van der Waals surface area contributed by atoms with Gasteiger partial charge in [-0.25, -0.2) is 14.0 Å². The van der Waals surface area contributed by atoms with Gasteiger partial charge in [-0.2, -0.15) is 0 Å². The molecule has 1 saturated carbocycles. The number of carbonyl (C=O) groups excluding carboxylic acids is 2. The van der Waals surface area contributed by atoms with Gasteiger partial charge in [-0.3, -0.25) is 15.0 Å². The van der Waals surface area contributed by atoms with Crippen LogP contribution in [0.3, 0.4) is 0 Å². The van der Waals surface area contributed by atoms with Crippen LogP contribution < -0.4 is 19.5 Å². The number of non-ortho nitro benzene ring substituents is 1. The summed E-state index contributed by atoms with van der Waals surface area (Å²) in [6.07, 6.45) is 18.2. The van der Waals surface area contributed by atoms with Crippen LogP contribution in [0.5, 0.6) is 17.2 Å². The number of carbonyl (C=O) groups is 2. The third-order valence-electron chi connectivity index (χ3n) is 14.2. The molecule has 2 aliphatic carbocycles. The number of ether oxygens (including phenoxy) is 4. The number of halogens is 1. The van der Waals surface area contributed by atoms with Crippen LogP contribution in [0.15, 0.2) is 96.2 Å². The van der Waals surface area contributed by atoms with Crippen molar-refractivity contribution in [3.05, 3.63) is 118 Å². The Bertz CT molecular complexity index is 2350. The summed E-state index contributed by atoms with van der Waals surface area (Å²) in [4.78, 5) is 47.2. The van der Waals surface area contributed by atoms with E-state index in [1.54, 1.807) is 30.3 Å². The molecule has 3 aromatic carbocycles. The van der Waals surface area contributed by atoms with Gasteiger partial charge in [0.05, 0.1) is 23.2 Å². The Labute approximate surface area is 436 Å². The minimum Gasteiger partial charge on any atom is -0.459 e. The summed E-state index contributed by atoms with van der Waals surface area (Å²) in [5.74, 6) is -2.66. The lowest BCUT2D eigenvalue weighted by Crippen LogP contribution is -2.70. The van der Waals surface area contributed by atoms with E-state index in [4.69, 9.17) is 28.9 Å². The smallest absolute Gasteiger partial charge is 0.416 e. The highest BCUT2D eigenvalue weighted by Gasteiger charge is 2.66. The second-order valence-electron chi connectivity index (χ2n) is 20.8. The van der Waals surface area contributed by atoms with Crippen molar-refractivity contribution in [2.75, 3.05) is 26.4 Å². The van der Waals surface area contributed by atoms with Crippen molar-refractivity contribution in [1.82, 2.24) is 10.2 Å². The van der Waals surface area contributed by atoms with Crippen LogP contribution in [0.1, 0.15) is 154 Å². The third-order valence-corrected chi connectivity index (χ3v) is 14.2. The van der Waals surface area contributed by atoms with Gasteiger partial charge in [0, 0.05) is 56.3 Å². The van der Waals surface area contributed by atoms with Gasteiger partial charge in [0.2, 0.25) is 5.79 Å². The molecule has 0 spiro atoms. The van der Waals surface area contributed by atoms with E-state index in [-0.39, 0.29) is 56.1 Å². The van der Waals surface area contributed by atoms with Gasteiger partial charge in [-0.1, -0.05) is 107 Å². The fourth-order valence-corrected chi connectivity index (χ4v) is 10.7. The largest absolute Gasteiger partial charge is 0.459 e. The van der Waals surface area contributed by atoms with Crippen molar-refractivity contribution in [2.45, 2.75) is 167 Å². The third kappa shape index (κ3) is 15.6. The zero-order chi connectivity index (χ0) is 53.1. The highest BCUT2D eigenvalue weighted by molar-refractivity contribution is 6.03. The molecule has 2 amide bonds. The van der Waals surface area contributed by atoms with Crippen LogP contribution >= 0.6 is 0 Å². The number of hydrogen-bond acceptors (Lipinski definition) is 12. The van der Waals surface area contributed by atoms with Crippen molar-refractivity contribution in [2.24, 2.45) is 22.9 Å². The van der Waals surface area contributed by atoms with E-state index in [1.165, 1.54) is 86.2 Å². The molecule has 6 atom stereocenters. The number of rotatable bonds is 29. The quantitative estimate of drug-likeness (QED) is 0.0259. The molecule has 0 bridgehead atoms. The van der Waals surface area contributed by atoms with Crippen LogP contribution in [0, 0.1) is 33.7 Å². The number of nitro groups is 1. The van der Waals surface area contributed by atoms with Crippen molar-refractivity contribution in [3.63, 3.8) is 0 Å². The number of nitro benzene ring substituents is 1. The zero-order valence-electron chi connectivity index (χ0n) is 43.9. The number of aliphatic hydroxyl groups excluding tert-OH is 2. The molecule has 1 heterocycles. The first kappa shape index (κ1) is 57.4. The molecule has 15 nitrogen and oxygen atoms in total. The first-order valence-electron chi connectivity index (χ1n) is 26.9. The summed E-state index contributed by atoms with van der Waals surface area (Å²) in [6.45, 7) is 12.3. The van der Waals surface area contributed by atoms with Gasteiger partial charge >= 0.3 is 12.2 Å². The molecule has 1 fully saturated rings. The van der Waals surface area contributed by atoms with Crippen LogP contribution in [-0.2, 0) is 16.1 Å². The maximum absolute atomic E-state index is 15.1. The van der Waals surface area contributed by atoms with Crippen molar-refractivity contribution in [1.29, 1.82) is 0 Å². The average Bonchev–Trinajstić information content (AvgIpc) is 3.38. The summed E-state index contributed by atoms with van der Waals surface area (Å²) in [5.41, 5.74) is 1.75.